The van der Waals surface area contributed by atoms with Crippen LogP contribution in [0.5, 0.6) is 0 Å². The normalized spacial score (nSPS) is 19.4. The maximum atomic E-state index is 12.8. The van der Waals surface area contributed by atoms with E-state index >= 15 is 0 Å². The molecule has 0 radical (unpaired) electrons. The van der Waals surface area contributed by atoms with Crippen molar-refractivity contribution in [1.29, 1.82) is 0 Å². The average molecular weight is 340 g/mol. The van der Waals surface area contributed by atoms with Crippen molar-refractivity contribution in [3.8, 4) is 0 Å². The van der Waals surface area contributed by atoms with E-state index in [9.17, 15) is 18.3 Å². The van der Waals surface area contributed by atoms with E-state index in [0.29, 0.717) is 18.7 Å². The van der Waals surface area contributed by atoms with Gasteiger partial charge in [0.2, 0.25) is 10.0 Å². The fourth-order valence-electron chi connectivity index (χ4n) is 3.11. The summed E-state index contributed by atoms with van der Waals surface area (Å²) in [5, 5.41) is 9.18. The van der Waals surface area contributed by atoms with Gasteiger partial charge in [0, 0.05) is 19.1 Å². The molecule has 1 aliphatic rings. The lowest BCUT2D eigenvalue weighted by Crippen LogP contribution is -2.38. The third-order valence-corrected chi connectivity index (χ3v) is 6.39. The minimum Gasteiger partial charge on any atom is -0.478 e. The number of carboxylic acid groups (broad SMARTS) is 1. The highest BCUT2D eigenvalue weighted by atomic mass is 32.2. The molecule has 0 saturated carbocycles. The molecule has 1 aromatic carbocycles. The van der Waals surface area contributed by atoms with Gasteiger partial charge in [-0.2, -0.15) is 4.31 Å². The van der Waals surface area contributed by atoms with Gasteiger partial charge in [-0.15, -0.1) is 0 Å². The zero-order chi connectivity index (χ0) is 17.2. The Balaban J connectivity index is 2.26. The molecule has 2 rings (SSSR count). The molecule has 6 nitrogen and oxygen atoms in total. The molecule has 1 aliphatic heterocycles. The summed E-state index contributed by atoms with van der Waals surface area (Å²) in [4.78, 5) is 13.5. The molecule has 128 valence electrons. The van der Waals surface area contributed by atoms with E-state index in [2.05, 4.69) is 18.7 Å². The van der Waals surface area contributed by atoms with Crippen LogP contribution in [0.4, 0.5) is 0 Å². The molecule has 1 heterocycles. The first-order chi connectivity index (χ1) is 10.8. The first kappa shape index (κ1) is 17.9. The van der Waals surface area contributed by atoms with Crippen LogP contribution in [0.2, 0.25) is 0 Å². The van der Waals surface area contributed by atoms with E-state index in [4.69, 9.17) is 0 Å². The molecule has 1 fully saturated rings. The van der Waals surface area contributed by atoms with Crippen molar-refractivity contribution >= 4 is 16.0 Å². The van der Waals surface area contributed by atoms with Gasteiger partial charge in [0.05, 0.1) is 10.5 Å². The molecule has 1 aromatic rings. The summed E-state index contributed by atoms with van der Waals surface area (Å²) in [6.45, 7) is 8.51. The van der Waals surface area contributed by atoms with Crippen LogP contribution in [0, 0.1) is 6.92 Å². The van der Waals surface area contributed by atoms with Crippen LogP contribution in [-0.4, -0.2) is 60.9 Å². The molecule has 1 unspecified atom stereocenters. The van der Waals surface area contributed by atoms with Crippen molar-refractivity contribution in [1.82, 2.24) is 9.21 Å². The van der Waals surface area contributed by atoms with Crippen molar-refractivity contribution in [2.45, 2.75) is 38.1 Å². The Kier molecular flexibility index (Phi) is 5.44. The molecule has 0 bridgehead atoms. The number of aryl methyl sites for hydroxylation is 1. The molecule has 7 heteroatoms. The van der Waals surface area contributed by atoms with Gasteiger partial charge in [0.15, 0.2) is 0 Å². The molecule has 23 heavy (non-hydrogen) atoms. The summed E-state index contributed by atoms with van der Waals surface area (Å²) < 4.78 is 27.0. The van der Waals surface area contributed by atoms with Crippen LogP contribution < -0.4 is 0 Å². The quantitative estimate of drug-likeness (QED) is 0.854. The first-order valence-electron chi connectivity index (χ1n) is 7.89. The Labute approximate surface area is 137 Å². The summed E-state index contributed by atoms with van der Waals surface area (Å²) >= 11 is 0. The van der Waals surface area contributed by atoms with Gasteiger partial charge < -0.3 is 5.11 Å². The van der Waals surface area contributed by atoms with Gasteiger partial charge in [-0.05, 0) is 44.1 Å². The minimum atomic E-state index is -3.65. The van der Waals surface area contributed by atoms with E-state index in [1.54, 1.807) is 13.0 Å². The maximum absolute atomic E-state index is 12.8. The Hall–Kier alpha value is -1.44. The van der Waals surface area contributed by atoms with E-state index < -0.39 is 16.0 Å². The summed E-state index contributed by atoms with van der Waals surface area (Å²) in [6.07, 6.45) is 0.804. The summed E-state index contributed by atoms with van der Waals surface area (Å²) in [7, 11) is -3.65. The highest BCUT2D eigenvalue weighted by molar-refractivity contribution is 7.89. The third-order valence-electron chi connectivity index (χ3n) is 4.53. The number of carboxylic acids is 1. The Morgan fingerprint density at radius 1 is 1.35 bits per heavy atom. The van der Waals surface area contributed by atoms with E-state index in [1.165, 1.54) is 16.4 Å². The van der Waals surface area contributed by atoms with E-state index in [1.807, 2.05) is 0 Å². The third kappa shape index (κ3) is 3.57. The molecule has 0 aliphatic carbocycles. The fraction of sp³-hybridized carbons (Fsp3) is 0.562. The van der Waals surface area contributed by atoms with Crippen LogP contribution in [0.25, 0.3) is 0 Å². The summed E-state index contributed by atoms with van der Waals surface area (Å²) in [6, 6.07) is 4.53. The predicted molar refractivity (Wildman–Crippen MR) is 88.2 cm³/mol. The number of rotatable bonds is 6. The highest BCUT2D eigenvalue weighted by Crippen LogP contribution is 2.25. The number of hydrogen-bond acceptors (Lipinski definition) is 4. The molecule has 1 saturated heterocycles. The predicted octanol–water partition coefficient (Wildman–Crippen LogP) is 1.80. The Morgan fingerprint density at radius 3 is 2.57 bits per heavy atom. The maximum Gasteiger partial charge on any atom is 0.335 e. The van der Waals surface area contributed by atoms with Gasteiger partial charge in [-0.25, -0.2) is 13.2 Å². The van der Waals surface area contributed by atoms with Gasteiger partial charge in [-0.1, -0.05) is 19.9 Å². The number of benzene rings is 1. The van der Waals surface area contributed by atoms with Crippen LogP contribution in [0.1, 0.15) is 36.2 Å². The standard InChI is InChI=1S/C16H24N2O4S/c1-4-17(5-2)13-8-9-18(11-13)23(21,22)14-7-6-12(3)15(10-14)16(19)20/h6-7,10,13H,4-5,8-9,11H2,1-3H3,(H,19,20). The number of sulfonamides is 1. The number of hydrogen-bond donors (Lipinski definition) is 1. The largest absolute Gasteiger partial charge is 0.478 e. The highest BCUT2D eigenvalue weighted by Gasteiger charge is 2.34. The van der Waals surface area contributed by atoms with Gasteiger partial charge >= 0.3 is 5.97 Å². The second kappa shape index (κ2) is 6.98. The van der Waals surface area contributed by atoms with Crippen molar-refractivity contribution < 1.29 is 18.3 Å². The zero-order valence-electron chi connectivity index (χ0n) is 13.8. The second-order valence-electron chi connectivity index (χ2n) is 5.81. The van der Waals surface area contributed by atoms with Crippen molar-refractivity contribution in [2.24, 2.45) is 0 Å². The first-order valence-corrected chi connectivity index (χ1v) is 9.33. The monoisotopic (exact) mass is 340 g/mol. The van der Waals surface area contributed by atoms with E-state index in [-0.39, 0.29) is 16.5 Å². The average Bonchev–Trinajstić information content (AvgIpc) is 2.99. The minimum absolute atomic E-state index is 0.0329. The van der Waals surface area contributed by atoms with Crippen LogP contribution in [0.3, 0.4) is 0 Å². The molecule has 0 amide bonds. The van der Waals surface area contributed by atoms with Crippen LogP contribution >= 0.6 is 0 Å². The SMILES string of the molecule is CCN(CC)C1CCN(S(=O)(=O)c2ccc(C)c(C(=O)O)c2)C1. The number of nitrogens with zero attached hydrogens (tertiary/aromatic N) is 2. The second-order valence-corrected chi connectivity index (χ2v) is 7.75. The van der Waals surface area contributed by atoms with Gasteiger partial charge in [0.25, 0.3) is 0 Å². The number of likely N-dealkylation sites (N-methyl/N-ethyl adjacent to an activating group) is 1. The fourth-order valence-corrected chi connectivity index (χ4v) is 4.63. The van der Waals surface area contributed by atoms with Crippen molar-refractivity contribution in [3.63, 3.8) is 0 Å². The molecular formula is C16H24N2O4S. The molecule has 0 spiro atoms. The van der Waals surface area contributed by atoms with E-state index in [0.717, 1.165) is 19.5 Å². The lowest BCUT2D eigenvalue weighted by atomic mass is 10.1. The van der Waals surface area contributed by atoms with Crippen LogP contribution in [0.15, 0.2) is 23.1 Å². The Bertz CT molecular complexity index is 683. The van der Waals surface area contributed by atoms with Crippen molar-refractivity contribution in [2.75, 3.05) is 26.2 Å². The lowest BCUT2D eigenvalue weighted by molar-refractivity contribution is 0.0696. The Morgan fingerprint density at radius 2 is 2.00 bits per heavy atom. The van der Waals surface area contributed by atoms with Gasteiger partial charge in [-0.3, -0.25) is 4.90 Å². The van der Waals surface area contributed by atoms with Crippen molar-refractivity contribution in [3.05, 3.63) is 29.3 Å². The molecular weight excluding hydrogens is 316 g/mol. The van der Waals surface area contributed by atoms with Gasteiger partial charge in [0.1, 0.15) is 0 Å². The van der Waals surface area contributed by atoms with Crippen LogP contribution in [-0.2, 0) is 10.0 Å². The lowest BCUT2D eigenvalue weighted by Gasteiger charge is -2.26. The molecule has 0 aromatic heterocycles. The topological polar surface area (TPSA) is 77.9 Å². The summed E-state index contributed by atoms with van der Waals surface area (Å²) in [5.74, 6) is -1.11. The molecule has 1 N–H and O–H groups in total. The number of aromatic carboxylic acids is 1. The zero-order valence-corrected chi connectivity index (χ0v) is 14.6. The smallest absolute Gasteiger partial charge is 0.335 e. The summed E-state index contributed by atoms with van der Waals surface area (Å²) in [5.41, 5.74) is 0.587. The molecule has 1 atom stereocenters. The number of carbonyl (C=O) groups is 1.